The fraction of sp³-hybridized carbons (Fsp3) is 0.444. The standard InChI is InChI=1S/C18H23N3OS/c1-13-20-16(15-8-4-3-5-9-15)17(23-13)18(22)21-10-6-7-14(12-21)11-19-2/h3-5,8-9,14,19H,6-7,10-12H2,1-2H3. The zero-order chi connectivity index (χ0) is 16.2. The lowest BCUT2D eigenvalue weighted by molar-refractivity contribution is 0.0679. The van der Waals surface area contributed by atoms with Crippen molar-refractivity contribution in [3.8, 4) is 11.3 Å². The Morgan fingerprint density at radius 2 is 2.17 bits per heavy atom. The lowest BCUT2D eigenvalue weighted by Crippen LogP contribution is -2.42. The number of nitrogens with zero attached hydrogens (tertiary/aromatic N) is 2. The monoisotopic (exact) mass is 329 g/mol. The molecule has 122 valence electrons. The molecule has 3 rings (SSSR count). The first kappa shape index (κ1) is 16.1. The minimum absolute atomic E-state index is 0.134. The maximum absolute atomic E-state index is 13.0. The van der Waals surface area contributed by atoms with Crippen molar-refractivity contribution in [2.24, 2.45) is 5.92 Å². The fourth-order valence-corrected chi connectivity index (χ4v) is 4.12. The molecular weight excluding hydrogens is 306 g/mol. The van der Waals surface area contributed by atoms with Crippen LogP contribution in [0.2, 0.25) is 0 Å². The summed E-state index contributed by atoms with van der Waals surface area (Å²) in [6, 6.07) is 10.00. The minimum atomic E-state index is 0.134. The van der Waals surface area contributed by atoms with E-state index in [2.05, 4.69) is 10.3 Å². The molecule has 2 aromatic rings. The van der Waals surface area contributed by atoms with Crippen LogP contribution in [0.1, 0.15) is 27.5 Å². The smallest absolute Gasteiger partial charge is 0.266 e. The molecule has 1 aromatic carbocycles. The van der Waals surface area contributed by atoms with E-state index in [0.29, 0.717) is 5.92 Å². The van der Waals surface area contributed by atoms with Gasteiger partial charge in [0.05, 0.1) is 10.7 Å². The van der Waals surface area contributed by atoms with E-state index in [9.17, 15) is 4.79 Å². The van der Waals surface area contributed by atoms with Crippen molar-refractivity contribution in [1.82, 2.24) is 15.2 Å². The van der Waals surface area contributed by atoms with Crippen molar-refractivity contribution < 1.29 is 4.79 Å². The summed E-state index contributed by atoms with van der Waals surface area (Å²) in [4.78, 5) is 20.4. The summed E-state index contributed by atoms with van der Waals surface area (Å²) in [6.07, 6.45) is 2.27. The molecule has 0 spiro atoms. The first-order chi connectivity index (χ1) is 11.2. The predicted molar refractivity (Wildman–Crippen MR) is 94.8 cm³/mol. The second kappa shape index (κ2) is 7.23. The average molecular weight is 329 g/mol. The second-order valence-corrected chi connectivity index (χ2v) is 7.30. The quantitative estimate of drug-likeness (QED) is 0.937. The van der Waals surface area contributed by atoms with E-state index in [4.69, 9.17) is 0 Å². The third-order valence-electron chi connectivity index (χ3n) is 4.27. The molecule has 1 aliphatic heterocycles. The van der Waals surface area contributed by atoms with Gasteiger partial charge in [-0.3, -0.25) is 4.79 Å². The summed E-state index contributed by atoms with van der Waals surface area (Å²) in [6.45, 7) is 4.63. The van der Waals surface area contributed by atoms with Gasteiger partial charge in [-0.15, -0.1) is 11.3 Å². The molecular formula is C18H23N3OS. The van der Waals surface area contributed by atoms with Crippen LogP contribution in [0.4, 0.5) is 0 Å². The number of aryl methyl sites for hydroxylation is 1. The predicted octanol–water partition coefficient (Wildman–Crippen LogP) is 3.19. The van der Waals surface area contributed by atoms with E-state index in [1.54, 1.807) is 0 Å². The minimum Gasteiger partial charge on any atom is -0.338 e. The Bertz CT molecular complexity index is 666. The zero-order valence-corrected chi connectivity index (χ0v) is 14.5. The van der Waals surface area contributed by atoms with Crippen molar-refractivity contribution in [3.05, 3.63) is 40.2 Å². The van der Waals surface area contributed by atoms with Crippen LogP contribution in [0.3, 0.4) is 0 Å². The molecule has 1 saturated heterocycles. The van der Waals surface area contributed by atoms with Crippen LogP contribution >= 0.6 is 11.3 Å². The van der Waals surface area contributed by atoms with Gasteiger partial charge in [-0.1, -0.05) is 30.3 Å². The third-order valence-corrected chi connectivity index (χ3v) is 5.23. The molecule has 1 aromatic heterocycles. The van der Waals surface area contributed by atoms with Crippen LogP contribution < -0.4 is 5.32 Å². The highest BCUT2D eigenvalue weighted by Gasteiger charge is 2.27. The number of hydrogen-bond donors (Lipinski definition) is 1. The van der Waals surface area contributed by atoms with Crippen LogP contribution in [0, 0.1) is 12.8 Å². The lowest BCUT2D eigenvalue weighted by Gasteiger charge is -2.32. The summed E-state index contributed by atoms with van der Waals surface area (Å²) >= 11 is 1.51. The van der Waals surface area contributed by atoms with E-state index in [1.165, 1.54) is 17.8 Å². The summed E-state index contributed by atoms with van der Waals surface area (Å²) in [5.74, 6) is 0.683. The number of benzene rings is 1. The number of piperidine rings is 1. The van der Waals surface area contributed by atoms with Gasteiger partial charge in [0.15, 0.2) is 0 Å². The molecule has 1 fully saturated rings. The molecule has 1 unspecified atom stereocenters. The number of amides is 1. The molecule has 23 heavy (non-hydrogen) atoms. The number of carbonyl (C=O) groups is 1. The maximum Gasteiger partial charge on any atom is 0.266 e. The molecule has 1 N–H and O–H groups in total. The van der Waals surface area contributed by atoms with Gasteiger partial charge in [0.25, 0.3) is 5.91 Å². The summed E-state index contributed by atoms with van der Waals surface area (Å²) in [5, 5.41) is 4.17. The molecule has 1 amide bonds. The Labute approximate surface area is 141 Å². The lowest BCUT2D eigenvalue weighted by atomic mass is 9.97. The molecule has 1 aliphatic rings. The van der Waals surface area contributed by atoms with E-state index in [0.717, 1.165) is 47.2 Å². The normalized spacial score (nSPS) is 18.2. The van der Waals surface area contributed by atoms with Crippen LogP contribution in [0.25, 0.3) is 11.3 Å². The highest BCUT2D eigenvalue weighted by Crippen LogP contribution is 2.30. The van der Waals surface area contributed by atoms with Gasteiger partial charge in [0, 0.05) is 18.7 Å². The van der Waals surface area contributed by atoms with Crippen molar-refractivity contribution in [2.75, 3.05) is 26.7 Å². The second-order valence-electron chi connectivity index (χ2n) is 6.09. The molecule has 2 heterocycles. The molecule has 4 nitrogen and oxygen atoms in total. The average Bonchev–Trinajstić information content (AvgIpc) is 2.97. The molecule has 0 aliphatic carbocycles. The first-order valence-electron chi connectivity index (χ1n) is 8.15. The van der Waals surface area contributed by atoms with E-state index < -0.39 is 0 Å². The van der Waals surface area contributed by atoms with Crippen LogP contribution in [0.15, 0.2) is 30.3 Å². The summed E-state index contributed by atoms with van der Waals surface area (Å²) in [5.41, 5.74) is 1.85. The van der Waals surface area contributed by atoms with Gasteiger partial charge in [0.1, 0.15) is 4.88 Å². The van der Waals surface area contributed by atoms with Crippen molar-refractivity contribution in [2.45, 2.75) is 19.8 Å². The molecule has 0 saturated carbocycles. The Kier molecular flexibility index (Phi) is 5.08. The Morgan fingerprint density at radius 3 is 2.91 bits per heavy atom. The van der Waals surface area contributed by atoms with Crippen LogP contribution in [0.5, 0.6) is 0 Å². The number of carbonyl (C=O) groups excluding carboxylic acids is 1. The fourth-order valence-electron chi connectivity index (χ4n) is 3.21. The molecule has 0 radical (unpaired) electrons. The maximum atomic E-state index is 13.0. The van der Waals surface area contributed by atoms with Gasteiger partial charge >= 0.3 is 0 Å². The van der Waals surface area contributed by atoms with Gasteiger partial charge < -0.3 is 10.2 Å². The van der Waals surface area contributed by atoms with Crippen molar-refractivity contribution in [1.29, 1.82) is 0 Å². The van der Waals surface area contributed by atoms with Gasteiger partial charge in [-0.2, -0.15) is 0 Å². The van der Waals surface area contributed by atoms with Gasteiger partial charge in [0.2, 0.25) is 0 Å². The SMILES string of the molecule is CNCC1CCCN(C(=O)c2sc(C)nc2-c2ccccc2)C1. The van der Waals surface area contributed by atoms with Crippen LogP contribution in [-0.2, 0) is 0 Å². The number of rotatable bonds is 4. The molecule has 1 atom stereocenters. The topological polar surface area (TPSA) is 45.2 Å². The largest absolute Gasteiger partial charge is 0.338 e. The zero-order valence-electron chi connectivity index (χ0n) is 13.7. The third kappa shape index (κ3) is 3.62. The van der Waals surface area contributed by atoms with Gasteiger partial charge in [-0.25, -0.2) is 4.98 Å². The van der Waals surface area contributed by atoms with E-state index >= 15 is 0 Å². The van der Waals surface area contributed by atoms with E-state index in [-0.39, 0.29) is 5.91 Å². The Hall–Kier alpha value is -1.72. The number of hydrogen-bond acceptors (Lipinski definition) is 4. The molecule has 0 bridgehead atoms. The first-order valence-corrected chi connectivity index (χ1v) is 8.97. The number of likely N-dealkylation sites (tertiary alicyclic amines) is 1. The van der Waals surface area contributed by atoms with E-state index in [1.807, 2.05) is 49.2 Å². The number of nitrogens with one attached hydrogen (secondary N) is 1. The summed E-state index contributed by atoms with van der Waals surface area (Å²) in [7, 11) is 1.97. The highest BCUT2D eigenvalue weighted by molar-refractivity contribution is 7.14. The number of aromatic nitrogens is 1. The highest BCUT2D eigenvalue weighted by atomic mass is 32.1. The van der Waals surface area contributed by atoms with Gasteiger partial charge in [-0.05, 0) is 39.3 Å². The Balaban J connectivity index is 1.85. The number of thiazole rings is 1. The van der Waals surface area contributed by atoms with Crippen molar-refractivity contribution in [3.63, 3.8) is 0 Å². The summed E-state index contributed by atoms with van der Waals surface area (Å²) < 4.78 is 0. The molecule has 5 heteroatoms. The van der Waals surface area contributed by atoms with Crippen molar-refractivity contribution >= 4 is 17.2 Å². The van der Waals surface area contributed by atoms with Crippen LogP contribution in [-0.4, -0.2) is 42.5 Å². The Morgan fingerprint density at radius 1 is 1.39 bits per heavy atom.